The quantitative estimate of drug-likeness (QED) is 0.499. The van der Waals surface area contributed by atoms with Gasteiger partial charge in [-0.2, -0.15) is 0 Å². The average Bonchev–Trinajstić information content (AvgIpc) is 2.59. The second-order valence-corrected chi connectivity index (χ2v) is 7.31. The second kappa shape index (κ2) is 7.79. The summed E-state index contributed by atoms with van der Waals surface area (Å²) in [6, 6.07) is 6.63. The first-order valence-corrected chi connectivity index (χ1v) is 8.54. The molecule has 1 aliphatic heterocycles. The smallest absolute Gasteiger partial charge is 0.410 e. The molecule has 1 amide bonds. The number of hydrogen-bond donors (Lipinski definition) is 1. The van der Waals surface area contributed by atoms with Crippen LogP contribution in [0.15, 0.2) is 24.3 Å². The van der Waals surface area contributed by atoms with Crippen LogP contribution in [-0.4, -0.2) is 53.3 Å². The molecule has 0 atom stereocenters. The summed E-state index contributed by atoms with van der Waals surface area (Å²) >= 11 is 0. The topological polar surface area (TPSA) is 76.1 Å². The average molecular weight is 359 g/mol. The summed E-state index contributed by atoms with van der Waals surface area (Å²) in [5.41, 5.74) is -1.40. The summed E-state index contributed by atoms with van der Waals surface area (Å²) in [5.74, 6) is 5.48. The van der Waals surface area contributed by atoms with Crippen LogP contribution in [0.4, 0.5) is 4.79 Å². The van der Waals surface area contributed by atoms with Gasteiger partial charge in [-0.3, -0.25) is 4.79 Å². The van der Waals surface area contributed by atoms with Crippen LogP contribution in [0.2, 0.25) is 0 Å². The molecule has 26 heavy (non-hydrogen) atoms. The molecule has 0 saturated carbocycles. The molecule has 1 heterocycles. The van der Waals surface area contributed by atoms with Crippen LogP contribution in [0, 0.1) is 11.8 Å². The Labute approximate surface area is 154 Å². The van der Waals surface area contributed by atoms with Crippen LogP contribution in [0.5, 0.6) is 5.75 Å². The van der Waals surface area contributed by atoms with Crippen molar-refractivity contribution in [3.63, 3.8) is 0 Å². The first-order chi connectivity index (χ1) is 12.1. The number of piperidine rings is 1. The van der Waals surface area contributed by atoms with Gasteiger partial charge in [0.05, 0.1) is 7.11 Å². The van der Waals surface area contributed by atoms with E-state index in [2.05, 4.69) is 11.8 Å². The summed E-state index contributed by atoms with van der Waals surface area (Å²) in [5, 5.41) is 10.6. The Bertz CT molecular complexity index is 713. The summed E-state index contributed by atoms with van der Waals surface area (Å²) in [7, 11) is 1.55. The van der Waals surface area contributed by atoms with E-state index in [1.54, 1.807) is 57.0 Å². The zero-order valence-corrected chi connectivity index (χ0v) is 15.7. The van der Waals surface area contributed by atoms with Crippen molar-refractivity contribution in [2.45, 2.75) is 44.8 Å². The van der Waals surface area contributed by atoms with E-state index >= 15 is 0 Å². The van der Waals surface area contributed by atoms with Crippen molar-refractivity contribution in [2.75, 3.05) is 20.2 Å². The molecule has 0 radical (unpaired) electrons. The van der Waals surface area contributed by atoms with Crippen LogP contribution in [0.25, 0.3) is 0 Å². The van der Waals surface area contributed by atoms with Crippen LogP contribution in [0.1, 0.15) is 44.0 Å². The highest BCUT2D eigenvalue weighted by Gasteiger charge is 2.34. The number of Topliss-reactive ketones (excluding diaryl/α,β-unsaturated/α-hetero) is 1. The molecule has 1 aromatic carbocycles. The number of likely N-dealkylation sites (tertiary alicyclic amines) is 1. The lowest BCUT2D eigenvalue weighted by atomic mass is 9.92. The molecule has 1 aliphatic rings. The minimum atomic E-state index is -1.28. The summed E-state index contributed by atoms with van der Waals surface area (Å²) < 4.78 is 10.4. The Morgan fingerprint density at radius 2 is 1.73 bits per heavy atom. The van der Waals surface area contributed by atoms with E-state index in [-0.39, 0.29) is 18.6 Å². The molecule has 0 aliphatic carbocycles. The van der Waals surface area contributed by atoms with E-state index in [1.165, 1.54) is 0 Å². The molecular weight excluding hydrogens is 334 g/mol. The van der Waals surface area contributed by atoms with Crippen molar-refractivity contribution in [2.24, 2.45) is 0 Å². The number of benzene rings is 1. The molecule has 1 aromatic rings. The predicted octanol–water partition coefficient (Wildman–Crippen LogP) is 2.64. The van der Waals surface area contributed by atoms with Crippen molar-refractivity contribution in [3.05, 3.63) is 29.8 Å². The molecule has 140 valence electrons. The van der Waals surface area contributed by atoms with Crippen molar-refractivity contribution in [3.8, 4) is 17.6 Å². The second-order valence-electron chi connectivity index (χ2n) is 7.31. The summed E-state index contributed by atoms with van der Waals surface area (Å²) in [6.07, 6.45) is 0.145. The van der Waals surface area contributed by atoms with Crippen LogP contribution < -0.4 is 4.74 Å². The minimum Gasteiger partial charge on any atom is -0.497 e. The number of amides is 1. The van der Waals surface area contributed by atoms with Crippen molar-refractivity contribution in [1.82, 2.24) is 4.90 Å². The third-order valence-corrected chi connectivity index (χ3v) is 4.00. The van der Waals surface area contributed by atoms with E-state index in [0.717, 1.165) is 0 Å². The van der Waals surface area contributed by atoms with Crippen LogP contribution in [-0.2, 0) is 4.74 Å². The van der Waals surface area contributed by atoms with E-state index < -0.39 is 17.3 Å². The lowest BCUT2D eigenvalue weighted by Crippen LogP contribution is -2.47. The Morgan fingerprint density at radius 1 is 1.15 bits per heavy atom. The Kier molecular flexibility index (Phi) is 5.94. The number of carbonyl (C=O) groups is 2. The van der Waals surface area contributed by atoms with Crippen LogP contribution >= 0.6 is 0 Å². The van der Waals surface area contributed by atoms with Gasteiger partial charge in [0.25, 0.3) is 0 Å². The number of methoxy groups -OCH3 is 1. The van der Waals surface area contributed by atoms with Gasteiger partial charge in [-0.25, -0.2) is 4.79 Å². The van der Waals surface area contributed by atoms with E-state index in [9.17, 15) is 14.7 Å². The molecule has 6 heteroatoms. The van der Waals surface area contributed by atoms with Gasteiger partial charge < -0.3 is 19.5 Å². The standard InChI is InChI=1S/C20H25NO5/c1-19(2,3)26-18(23)21-13-11-20(24,12-14-21)10-9-17(22)15-5-7-16(25-4)8-6-15/h5-8,24H,11-14H2,1-4H3. The molecule has 0 spiro atoms. The highest BCUT2D eigenvalue weighted by Crippen LogP contribution is 2.23. The first-order valence-electron chi connectivity index (χ1n) is 8.54. The molecule has 1 fully saturated rings. The van der Waals surface area contributed by atoms with E-state index in [4.69, 9.17) is 9.47 Å². The molecule has 0 bridgehead atoms. The summed E-state index contributed by atoms with van der Waals surface area (Å²) in [6.45, 7) is 6.08. The number of nitrogens with zero attached hydrogens (tertiary/aromatic N) is 1. The van der Waals surface area contributed by atoms with Gasteiger partial charge in [-0.1, -0.05) is 5.92 Å². The predicted molar refractivity (Wildman–Crippen MR) is 97.1 cm³/mol. The molecule has 1 N–H and O–H groups in total. The van der Waals surface area contributed by atoms with E-state index in [0.29, 0.717) is 24.4 Å². The number of ether oxygens (including phenoxy) is 2. The molecular formula is C20H25NO5. The van der Waals surface area contributed by atoms with Crippen molar-refractivity contribution in [1.29, 1.82) is 0 Å². The normalized spacial score (nSPS) is 16.3. The highest BCUT2D eigenvalue weighted by molar-refractivity contribution is 6.09. The van der Waals surface area contributed by atoms with Crippen molar-refractivity contribution >= 4 is 11.9 Å². The fraction of sp³-hybridized carbons (Fsp3) is 0.500. The lowest BCUT2D eigenvalue weighted by molar-refractivity contribution is -0.00519. The SMILES string of the molecule is COc1ccc(C(=O)C#CC2(O)CCN(C(=O)OC(C)(C)C)CC2)cc1. The number of aliphatic hydroxyl groups is 1. The maximum absolute atomic E-state index is 12.1. The summed E-state index contributed by atoms with van der Waals surface area (Å²) in [4.78, 5) is 25.7. The third-order valence-electron chi connectivity index (χ3n) is 4.00. The number of rotatable bonds is 2. The molecule has 2 rings (SSSR count). The van der Waals surface area contributed by atoms with Gasteiger partial charge in [0.1, 0.15) is 17.0 Å². The zero-order valence-electron chi connectivity index (χ0n) is 15.7. The third kappa shape index (κ3) is 5.50. The van der Waals surface area contributed by atoms with Gasteiger partial charge in [0.2, 0.25) is 5.78 Å². The number of carbonyl (C=O) groups excluding carboxylic acids is 2. The van der Waals surface area contributed by atoms with Gasteiger partial charge in [0, 0.05) is 31.5 Å². The Hall–Kier alpha value is -2.52. The van der Waals surface area contributed by atoms with E-state index in [1.807, 2.05) is 0 Å². The fourth-order valence-corrected chi connectivity index (χ4v) is 2.50. The van der Waals surface area contributed by atoms with Gasteiger partial charge >= 0.3 is 6.09 Å². The molecule has 0 unspecified atom stereocenters. The highest BCUT2D eigenvalue weighted by atomic mass is 16.6. The maximum Gasteiger partial charge on any atom is 0.410 e. The maximum atomic E-state index is 12.1. The lowest BCUT2D eigenvalue weighted by Gasteiger charge is -2.35. The first kappa shape index (κ1) is 19.8. The van der Waals surface area contributed by atoms with Gasteiger partial charge in [-0.15, -0.1) is 0 Å². The van der Waals surface area contributed by atoms with Gasteiger partial charge in [0.15, 0.2) is 0 Å². The van der Waals surface area contributed by atoms with Crippen molar-refractivity contribution < 1.29 is 24.2 Å². The molecule has 0 aromatic heterocycles. The monoisotopic (exact) mass is 359 g/mol. The zero-order chi connectivity index (χ0) is 19.4. The molecule has 1 saturated heterocycles. The van der Waals surface area contributed by atoms with Gasteiger partial charge in [-0.05, 0) is 51.0 Å². The largest absolute Gasteiger partial charge is 0.497 e. The fourth-order valence-electron chi connectivity index (χ4n) is 2.50. The number of hydrogen-bond acceptors (Lipinski definition) is 5. The Morgan fingerprint density at radius 3 is 2.23 bits per heavy atom. The minimum absolute atomic E-state index is 0.273. The Balaban J connectivity index is 1.95. The molecule has 6 nitrogen and oxygen atoms in total. The van der Waals surface area contributed by atoms with Crippen LogP contribution in [0.3, 0.4) is 0 Å². The number of ketones is 1.